The SMILES string of the molecule is CC1(C)c2ccccc2-n2c3cc4c(cc3c3cccc1c32)-c1ccccc1C4=O. The minimum Gasteiger partial charge on any atom is -0.309 e. The molecule has 1 aliphatic heterocycles. The largest absolute Gasteiger partial charge is 0.309 e. The van der Waals surface area contributed by atoms with Crippen LogP contribution in [0.5, 0.6) is 0 Å². The molecule has 7 rings (SSSR count). The maximum absolute atomic E-state index is 13.2. The molecule has 0 amide bonds. The summed E-state index contributed by atoms with van der Waals surface area (Å²) in [6, 6.07) is 27.6. The summed E-state index contributed by atoms with van der Waals surface area (Å²) in [4.78, 5) is 13.2. The molecule has 0 atom stereocenters. The molecule has 0 N–H and O–H groups in total. The smallest absolute Gasteiger partial charge is 0.194 e. The normalized spacial score (nSPS) is 15.3. The Bertz CT molecular complexity index is 1580. The number of para-hydroxylation sites is 2. The molecule has 0 radical (unpaired) electrons. The van der Waals surface area contributed by atoms with Crippen LogP contribution in [0.2, 0.25) is 0 Å². The fourth-order valence-electron chi connectivity index (χ4n) is 5.68. The second-order valence-corrected chi connectivity index (χ2v) is 8.97. The number of benzene rings is 4. The van der Waals surface area contributed by atoms with Crippen molar-refractivity contribution in [3.05, 3.63) is 101 Å². The van der Waals surface area contributed by atoms with Gasteiger partial charge in [-0.25, -0.2) is 0 Å². The summed E-state index contributed by atoms with van der Waals surface area (Å²) >= 11 is 0. The van der Waals surface area contributed by atoms with Gasteiger partial charge in [-0.3, -0.25) is 4.79 Å². The predicted octanol–water partition coefficient (Wildman–Crippen LogP) is 6.63. The van der Waals surface area contributed by atoms with Gasteiger partial charge in [0.15, 0.2) is 5.78 Å². The molecule has 4 aromatic carbocycles. The van der Waals surface area contributed by atoms with Gasteiger partial charge < -0.3 is 4.57 Å². The minimum atomic E-state index is -0.0778. The van der Waals surface area contributed by atoms with Gasteiger partial charge in [-0.2, -0.15) is 0 Å². The molecule has 0 unspecified atom stereocenters. The van der Waals surface area contributed by atoms with Crippen LogP contribution in [0.15, 0.2) is 78.9 Å². The van der Waals surface area contributed by atoms with Gasteiger partial charge in [0, 0.05) is 27.3 Å². The maximum Gasteiger partial charge on any atom is 0.194 e. The van der Waals surface area contributed by atoms with Gasteiger partial charge in [-0.15, -0.1) is 0 Å². The summed E-state index contributed by atoms with van der Waals surface area (Å²) in [6.07, 6.45) is 0. The summed E-state index contributed by atoms with van der Waals surface area (Å²) in [6.45, 7) is 4.61. The van der Waals surface area contributed by atoms with E-state index >= 15 is 0 Å². The van der Waals surface area contributed by atoms with Crippen molar-refractivity contribution < 1.29 is 4.79 Å². The van der Waals surface area contributed by atoms with E-state index in [4.69, 9.17) is 0 Å². The molecule has 2 heteroatoms. The van der Waals surface area contributed by atoms with Crippen molar-refractivity contribution in [1.29, 1.82) is 0 Å². The second-order valence-electron chi connectivity index (χ2n) is 8.97. The molecule has 2 nitrogen and oxygen atoms in total. The first-order chi connectivity index (χ1) is 14.6. The Morgan fingerprint density at radius 2 is 1.40 bits per heavy atom. The van der Waals surface area contributed by atoms with Crippen LogP contribution >= 0.6 is 0 Å². The lowest BCUT2D eigenvalue weighted by molar-refractivity contribution is 0.104. The van der Waals surface area contributed by atoms with Crippen LogP contribution < -0.4 is 0 Å². The topological polar surface area (TPSA) is 22.0 Å². The van der Waals surface area contributed by atoms with Crippen molar-refractivity contribution in [3.63, 3.8) is 0 Å². The summed E-state index contributed by atoms with van der Waals surface area (Å²) in [5, 5.41) is 2.47. The third kappa shape index (κ3) is 1.70. The standard InChI is InChI=1S/C28H19NO/c1-28(2)22-11-5-6-13-24(22)29-25-15-21-19(16-8-3-4-9-18(16)27(21)30)14-20(25)17-10-7-12-23(28)26(17)29/h3-15H,1-2H3. The molecule has 1 aliphatic carbocycles. The van der Waals surface area contributed by atoms with Gasteiger partial charge in [-0.05, 0) is 40.5 Å². The van der Waals surface area contributed by atoms with Crippen molar-refractivity contribution in [3.8, 4) is 16.8 Å². The molecule has 5 aromatic rings. The third-order valence-electron chi connectivity index (χ3n) is 7.12. The summed E-state index contributed by atoms with van der Waals surface area (Å²) < 4.78 is 2.37. The van der Waals surface area contributed by atoms with Crippen molar-refractivity contribution in [1.82, 2.24) is 4.57 Å². The number of hydrogen-bond acceptors (Lipinski definition) is 1. The zero-order valence-corrected chi connectivity index (χ0v) is 16.9. The minimum absolute atomic E-state index is 0.0778. The highest BCUT2D eigenvalue weighted by molar-refractivity contribution is 6.25. The fourth-order valence-corrected chi connectivity index (χ4v) is 5.68. The van der Waals surface area contributed by atoms with Crippen LogP contribution in [0.1, 0.15) is 40.9 Å². The molecule has 0 saturated carbocycles. The molecule has 142 valence electrons. The van der Waals surface area contributed by atoms with E-state index in [9.17, 15) is 4.79 Å². The Morgan fingerprint density at radius 3 is 2.27 bits per heavy atom. The van der Waals surface area contributed by atoms with Crippen molar-refractivity contribution in [2.24, 2.45) is 0 Å². The van der Waals surface area contributed by atoms with E-state index in [2.05, 4.69) is 79.1 Å². The number of aromatic nitrogens is 1. The quantitative estimate of drug-likeness (QED) is 0.287. The van der Waals surface area contributed by atoms with Crippen LogP contribution in [0, 0.1) is 0 Å². The zero-order chi connectivity index (χ0) is 20.2. The van der Waals surface area contributed by atoms with Crippen LogP contribution in [0.3, 0.4) is 0 Å². The Morgan fingerprint density at radius 1 is 0.667 bits per heavy atom. The van der Waals surface area contributed by atoms with Crippen molar-refractivity contribution in [2.45, 2.75) is 19.3 Å². The van der Waals surface area contributed by atoms with Gasteiger partial charge in [-0.1, -0.05) is 74.5 Å². The van der Waals surface area contributed by atoms with Crippen LogP contribution in [0.25, 0.3) is 38.6 Å². The molecule has 0 saturated heterocycles. The lowest BCUT2D eigenvalue weighted by atomic mass is 9.75. The van der Waals surface area contributed by atoms with Crippen LogP contribution in [-0.4, -0.2) is 10.4 Å². The van der Waals surface area contributed by atoms with E-state index in [1.165, 1.54) is 33.1 Å². The van der Waals surface area contributed by atoms with Crippen LogP contribution in [-0.2, 0) is 5.41 Å². The monoisotopic (exact) mass is 385 g/mol. The van der Waals surface area contributed by atoms with Gasteiger partial charge in [0.25, 0.3) is 0 Å². The summed E-state index contributed by atoms with van der Waals surface area (Å²) in [7, 11) is 0. The molecular weight excluding hydrogens is 366 g/mol. The first kappa shape index (κ1) is 16.2. The number of nitrogens with zero attached hydrogens (tertiary/aromatic N) is 1. The molecule has 2 aliphatic rings. The molecule has 0 spiro atoms. The Labute approximate surface area is 174 Å². The number of carbonyl (C=O) groups is 1. The van der Waals surface area contributed by atoms with Gasteiger partial charge in [0.05, 0.1) is 16.7 Å². The Hall–Kier alpha value is -3.65. The molecule has 0 bridgehead atoms. The Kier molecular flexibility index (Phi) is 2.74. The molecule has 0 fully saturated rings. The van der Waals surface area contributed by atoms with E-state index in [-0.39, 0.29) is 11.2 Å². The maximum atomic E-state index is 13.2. The van der Waals surface area contributed by atoms with Crippen LogP contribution in [0.4, 0.5) is 0 Å². The molecule has 2 heterocycles. The lowest BCUT2D eigenvalue weighted by Crippen LogP contribution is -2.26. The number of fused-ring (bicyclic) bond motifs is 8. The molecular formula is C28H19NO. The fraction of sp³-hybridized carbons (Fsp3) is 0.107. The Balaban J connectivity index is 1.71. The van der Waals surface area contributed by atoms with E-state index < -0.39 is 0 Å². The highest BCUT2D eigenvalue weighted by atomic mass is 16.1. The van der Waals surface area contributed by atoms with E-state index in [0.717, 1.165) is 27.8 Å². The van der Waals surface area contributed by atoms with E-state index in [1.54, 1.807) is 0 Å². The van der Waals surface area contributed by atoms with Gasteiger partial charge >= 0.3 is 0 Å². The highest BCUT2D eigenvalue weighted by Gasteiger charge is 2.36. The number of ketones is 1. The van der Waals surface area contributed by atoms with Gasteiger partial charge in [0.1, 0.15) is 0 Å². The van der Waals surface area contributed by atoms with Crippen molar-refractivity contribution >= 4 is 27.6 Å². The summed E-state index contributed by atoms with van der Waals surface area (Å²) in [5.74, 6) is 0.130. The number of hydrogen-bond donors (Lipinski definition) is 0. The summed E-state index contributed by atoms with van der Waals surface area (Å²) in [5.41, 5.74) is 9.89. The van der Waals surface area contributed by atoms with E-state index in [1.807, 2.05) is 18.2 Å². The van der Waals surface area contributed by atoms with Crippen molar-refractivity contribution in [2.75, 3.05) is 0 Å². The molecule has 30 heavy (non-hydrogen) atoms. The predicted molar refractivity (Wildman–Crippen MR) is 122 cm³/mol. The first-order valence-electron chi connectivity index (χ1n) is 10.4. The molecule has 1 aromatic heterocycles. The number of rotatable bonds is 0. The lowest BCUT2D eigenvalue weighted by Gasteiger charge is -2.34. The average molecular weight is 385 g/mol. The first-order valence-corrected chi connectivity index (χ1v) is 10.4. The average Bonchev–Trinajstić information content (AvgIpc) is 3.24. The van der Waals surface area contributed by atoms with E-state index in [0.29, 0.717) is 0 Å². The third-order valence-corrected chi connectivity index (χ3v) is 7.12. The zero-order valence-electron chi connectivity index (χ0n) is 16.9. The highest BCUT2D eigenvalue weighted by Crippen LogP contribution is 2.49. The van der Waals surface area contributed by atoms with Gasteiger partial charge in [0.2, 0.25) is 0 Å². The second kappa shape index (κ2) is 5.09. The number of carbonyl (C=O) groups excluding carboxylic acids is 1.